The van der Waals surface area contributed by atoms with E-state index >= 15 is 0 Å². The molecule has 0 spiro atoms. The summed E-state index contributed by atoms with van der Waals surface area (Å²) < 4.78 is 0. The van der Waals surface area contributed by atoms with E-state index in [9.17, 15) is 29.4 Å². The van der Waals surface area contributed by atoms with Crippen LogP contribution in [0.2, 0.25) is 0 Å². The maximum Gasteiger partial charge on any atom is 0.322 e. The minimum absolute atomic E-state index is 0.0131. The van der Waals surface area contributed by atoms with Crippen LogP contribution in [0.3, 0.4) is 0 Å². The highest BCUT2D eigenvalue weighted by Gasteiger charge is 2.32. The lowest BCUT2D eigenvalue weighted by molar-refractivity contribution is -0.138. The van der Waals surface area contributed by atoms with E-state index in [1.807, 2.05) is 6.92 Å². The molecule has 8 N–H and O–H groups in total. The van der Waals surface area contributed by atoms with Gasteiger partial charge in [0.1, 0.15) is 24.4 Å². The Morgan fingerprint density at radius 3 is 2.09 bits per heavy atom. The summed E-state index contributed by atoms with van der Waals surface area (Å²) >= 11 is 0. The minimum atomic E-state index is -1.38. The number of carboxylic acids is 1. The summed E-state index contributed by atoms with van der Waals surface area (Å²) in [4.78, 5) is 48.5. The number of aliphatic carboxylic acids is 1. The van der Waals surface area contributed by atoms with Gasteiger partial charge in [-0.25, -0.2) is 0 Å². The number of benzene rings is 1. The first kappa shape index (κ1) is 26.9. The Bertz CT molecular complexity index is 798. The number of aliphatic hydroxyl groups excluding tert-OH is 1. The fourth-order valence-corrected chi connectivity index (χ4v) is 2.79. The number of aromatic hydroxyl groups is 1. The van der Waals surface area contributed by atoms with Gasteiger partial charge in [0.15, 0.2) is 0 Å². The van der Waals surface area contributed by atoms with Gasteiger partial charge in [0, 0.05) is 6.42 Å². The first-order chi connectivity index (χ1) is 15.0. The molecule has 3 amide bonds. The molecule has 0 heterocycles. The number of phenolic OH excluding ortho intramolecular Hbond substituents is 1. The third kappa shape index (κ3) is 8.52. The SMILES string of the molecule is CCC(C)C(N)C(=O)NC(C(=O)NC(Cc1ccc(O)cc1)C(=O)NCC(=O)O)C(C)O. The third-order valence-electron chi connectivity index (χ3n) is 5.05. The van der Waals surface area contributed by atoms with E-state index in [-0.39, 0.29) is 18.1 Å². The molecule has 32 heavy (non-hydrogen) atoms. The van der Waals surface area contributed by atoms with Crippen molar-refractivity contribution in [2.24, 2.45) is 11.7 Å². The molecule has 1 aromatic carbocycles. The van der Waals surface area contributed by atoms with Gasteiger partial charge >= 0.3 is 5.97 Å². The monoisotopic (exact) mass is 452 g/mol. The van der Waals surface area contributed by atoms with Crippen LogP contribution in [0.5, 0.6) is 5.75 Å². The van der Waals surface area contributed by atoms with Crippen LogP contribution in [0, 0.1) is 5.92 Å². The lowest BCUT2D eigenvalue weighted by Gasteiger charge is -2.26. The molecular weight excluding hydrogens is 420 g/mol. The second-order valence-electron chi connectivity index (χ2n) is 7.68. The van der Waals surface area contributed by atoms with E-state index in [4.69, 9.17) is 10.8 Å². The van der Waals surface area contributed by atoms with Gasteiger partial charge in [-0.15, -0.1) is 0 Å². The van der Waals surface area contributed by atoms with Crippen LogP contribution in [0.15, 0.2) is 24.3 Å². The Morgan fingerprint density at radius 2 is 1.59 bits per heavy atom. The maximum atomic E-state index is 12.8. The lowest BCUT2D eigenvalue weighted by Crippen LogP contribution is -2.60. The fraction of sp³-hybridized carbons (Fsp3) is 0.524. The summed E-state index contributed by atoms with van der Waals surface area (Å²) in [5.74, 6) is -3.62. The van der Waals surface area contributed by atoms with Crippen LogP contribution in [0.25, 0.3) is 0 Å². The van der Waals surface area contributed by atoms with Crippen molar-refractivity contribution in [3.63, 3.8) is 0 Å². The van der Waals surface area contributed by atoms with E-state index in [0.29, 0.717) is 12.0 Å². The van der Waals surface area contributed by atoms with Crippen molar-refractivity contribution in [1.82, 2.24) is 16.0 Å². The van der Waals surface area contributed by atoms with Gasteiger partial charge in [-0.3, -0.25) is 19.2 Å². The summed E-state index contributed by atoms with van der Waals surface area (Å²) in [6, 6.07) is 2.41. The van der Waals surface area contributed by atoms with E-state index in [1.165, 1.54) is 31.2 Å². The van der Waals surface area contributed by atoms with Gasteiger partial charge in [-0.2, -0.15) is 0 Å². The Hall–Kier alpha value is -3.18. The largest absolute Gasteiger partial charge is 0.508 e. The number of amides is 3. The molecule has 0 aliphatic heterocycles. The Balaban J connectivity index is 3.00. The molecule has 0 radical (unpaired) electrons. The number of rotatable bonds is 12. The average molecular weight is 453 g/mol. The Morgan fingerprint density at radius 1 is 1.00 bits per heavy atom. The van der Waals surface area contributed by atoms with Crippen LogP contribution in [-0.2, 0) is 25.6 Å². The molecule has 11 nitrogen and oxygen atoms in total. The predicted molar refractivity (Wildman–Crippen MR) is 115 cm³/mol. The van der Waals surface area contributed by atoms with Crippen molar-refractivity contribution in [3.05, 3.63) is 29.8 Å². The number of hydrogen-bond acceptors (Lipinski definition) is 7. The Labute approximate surface area is 186 Å². The van der Waals surface area contributed by atoms with Crippen LogP contribution in [0.1, 0.15) is 32.8 Å². The molecule has 0 bridgehead atoms. The highest BCUT2D eigenvalue weighted by molar-refractivity contribution is 5.94. The van der Waals surface area contributed by atoms with E-state index in [2.05, 4.69) is 16.0 Å². The summed E-state index contributed by atoms with van der Waals surface area (Å²) in [5, 5.41) is 35.3. The number of carbonyl (C=O) groups is 4. The maximum absolute atomic E-state index is 12.8. The number of nitrogens with two attached hydrogens (primary N) is 1. The molecule has 0 aromatic heterocycles. The van der Waals surface area contributed by atoms with Crippen molar-refractivity contribution in [2.45, 2.75) is 57.8 Å². The van der Waals surface area contributed by atoms with Crippen molar-refractivity contribution >= 4 is 23.7 Å². The number of carboxylic acid groups (broad SMARTS) is 1. The number of nitrogens with one attached hydrogen (secondary N) is 3. The molecule has 0 fully saturated rings. The minimum Gasteiger partial charge on any atom is -0.508 e. The first-order valence-electron chi connectivity index (χ1n) is 10.3. The number of phenols is 1. The molecule has 0 saturated carbocycles. The molecule has 0 aliphatic carbocycles. The molecule has 178 valence electrons. The molecule has 0 aliphatic rings. The molecule has 5 unspecified atom stereocenters. The second kappa shape index (κ2) is 12.6. The molecule has 11 heteroatoms. The van der Waals surface area contributed by atoms with Crippen LogP contribution in [-0.4, -0.2) is 69.8 Å². The zero-order valence-electron chi connectivity index (χ0n) is 18.4. The number of hydrogen-bond donors (Lipinski definition) is 7. The predicted octanol–water partition coefficient (Wildman–Crippen LogP) is -1.14. The zero-order chi connectivity index (χ0) is 24.4. The third-order valence-corrected chi connectivity index (χ3v) is 5.05. The van der Waals surface area contributed by atoms with Gasteiger partial charge in [0.2, 0.25) is 17.7 Å². The molecule has 0 saturated heterocycles. The normalized spacial score (nSPS) is 15.5. The Kier molecular flexibility index (Phi) is 10.6. The van der Waals surface area contributed by atoms with E-state index < -0.39 is 54.5 Å². The summed E-state index contributed by atoms with van der Waals surface area (Å²) in [7, 11) is 0. The number of aliphatic hydroxyl groups is 1. The molecule has 1 aromatic rings. The van der Waals surface area contributed by atoms with Crippen LogP contribution in [0.4, 0.5) is 0 Å². The molecular formula is C21H32N4O7. The topological polar surface area (TPSA) is 191 Å². The smallest absolute Gasteiger partial charge is 0.322 e. The molecule has 5 atom stereocenters. The average Bonchev–Trinajstić information content (AvgIpc) is 2.74. The highest BCUT2D eigenvalue weighted by Crippen LogP contribution is 2.12. The summed E-state index contributed by atoms with van der Waals surface area (Å²) in [6.07, 6.45) is -0.678. The lowest BCUT2D eigenvalue weighted by atomic mass is 9.98. The van der Waals surface area contributed by atoms with Gasteiger partial charge < -0.3 is 37.0 Å². The van der Waals surface area contributed by atoms with E-state index in [1.54, 1.807) is 6.92 Å². The highest BCUT2D eigenvalue weighted by atomic mass is 16.4. The van der Waals surface area contributed by atoms with Gasteiger partial charge in [-0.05, 0) is 30.5 Å². The van der Waals surface area contributed by atoms with E-state index in [0.717, 1.165) is 0 Å². The molecule has 1 rings (SSSR count). The second-order valence-corrected chi connectivity index (χ2v) is 7.68. The first-order valence-corrected chi connectivity index (χ1v) is 10.3. The van der Waals surface area contributed by atoms with Crippen LogP contribution >= 0.6 is 0 Å². The van der Waals surface area contributed by atoms with Gasteiger partial charge in [0.05, 0.1) is 12.1 Å². The standard InChI is InChI=1S/C21H32N4O7/c1-4-11(2)17(22)20(31)25-18(12(3)26)21(32)24-15(19(30)23-10-16(28)29)9-13-5-7-14(27)8-6-13/h5-8,11-12,15,17-18,26-27H,4,9-10,22H2,1-3H3,(H,23,30)(H,24,32)(H,25,31)(H,28,29). The van der Waals surface area contributed by atoms with Crippen molar-refractivity contribution in [2.75, 3.05) is 6.54 Å². The zero-order valence-corrected chi connectivity index (χ0v) is 18.4. The quantitative estimate of drug-likeness (QED) is 0.207. The summed E-state index contributed by atoms with van der Waals surface area (Å²) in [6.45, 7) is 4.29. The van der Waals surface area contributed by atoms with Crippen LogP contribution < -0.4 is 21.7 Å². The van der Waals surface area contributed by atoms with Gasteiger partial charge in [0.25, 0.3) is 0 Å². The van der Waals surface area contributed by atoms with Crippen molar-refractivity contribution in [1.29, 1.82) is 0 Å². The van der Waals surface area contributed by atoms with Crippen molar-refractivity contribution < 1.29 is 34.5 Å². The van der Waals surface area contributed by atoms with Crippen molar-refractivity contribution in [3.8, 4) is 5.75 Å². The summed E-state index contributed by atoms with van der Waals surface area (Å²) in [5.41, 5.74) is 6.46. The van der Waals surface area contributed by atoms with Gasteiger partial charge in [-0.1, -0.05) is 32.4 Å². The fourth-order valence-electron chi connectivity index (χ4n) is 2.79. The number of carbonyl (C=O) groups excluding carboxylic acids is 3.